The molecule has 0 saturated carbocycles. The Kier molecular flexibility index (Phi) is 6.34. The van der Waals surface area contributed by atoms with Crippen LogP contribution >= 0.6 is 0 Å². The molecule has 0 saturated heterocycles. The topological polar surface area (TPSA) is 139 Å². The first kappa shape index (κ1) is 17.8. The third-order valence-electron chi connectivity index (χ3n) is 2.55. The van der Waals surface area contributed by atoms with Gasteiger partial charge in [-0.3, -0.25) is 14.9 Å². The number of para-hydroxylation sites is 1. The predicted octanol–water partition coefficient (Wildman–Crippen LogP) is 1.32. The average Bonchev–Trinajstić information content (AvgIpc) is 2.48. The molecule has 0 aromatic heterocycles. The molecular formula is C13H12N2O8. The number of nitro groups is 1. The van der Waals surface area contributed by atoms with Crippen molar-refractivity contribution in [3.63, 3.8) is 0 Å². The smallest absolute Gasteiger partial charge is 0.341 e. The van der Waals surface area contributed by atoms with Gasteiger partial charge in [0.05, 0.1) is 10.5 Å². The van der Waals surface area contributed by atoms with E-state index in [1.807, 2.05) is 0 Å². The van der Waals surface area contributed by atoms with Crippen molar-refractivity contribution in [2.24, 2.45) is 0 Å². The van der Waals surface area contributed by atoms with Crippen LogP contribution in [0.4, 0.5) is 5.69 Å². The summed E-state index contributed by atoms with van der Waals surface area (Å²) in [5.41, 5.74) is -0.641. The highest BCUT2D eigenvalue weighted by Crippen LogP contribution is 2.21. The third kappa shape index (κ3) is 5.53. The van der Waals surface area contributed by atoms with Crippen molar-refractivity contribution in [3.8, 4) is 0 Å². The Bertz CT molecular complexity index is 668. The van der Waals surface area contributed by atoms with Crippen molar-refractivity contribution in [1.82, 2.24) is 0 Å². The number of ketones is 1. The number of ether oxygens (including phenoxy) is 1. The van der Waals surface area contributed by atoms with Crippen molar-refractivity contribution in [2.75, 3.05) is 13.2 Å². The van der Waals surface area contributed by atoms with Gasteiger partial charge in [0.15, 0.2) is 5.78 Å². The fourth-order valence-corrected chi connectivity index (χ4v) is 1.56. The lowest BCUT2D eigenvalue weighted by Gasteiger charge is -2.06. The summed E-state index contributed by atoms with van der Waals surface area (Å²) in [4.78, 5) is 47.5. The Morgan fingerprint density at radius 1 is 1.17 bits per heavy atom. The molecule has 0 atom stereocenters. The molecule has 0 spiro atoms. The minimum atomic E-state index is -1.05. The number of nitrogens with zero attached hydrogens (tertiary/aromatic N) is 2. The Morgan fingerprint density at radius 3 is 2.39 bits per heavy atom. The van der Waals surface area contributed by atoms with E-state index in [0.29, 0.717) is 0 Å². The molecular weight excluding hydrogens is 312 g/mol. The number of benzene rings is 1. The van der Waals surface area contributed by atoms with Gasteiger partial charge < -0.3 is 9.57 Å². The predicted molar refractivity (Wildman–Crippen MR) is 75.7 cm³/mol. The van der Waals surface area contributed by atoms with Gasteiger partial charge in [0, 0.05) is 6.07 Å². The maximum Gasteiger partial charge on any atom is 0.341 e. The van der Waals surface area contributed by atoms with Crippen LogP contribution in [0.25, 0.3) is 6.08 Å². The molecule has 0 radical (unpaired) electrons. The third-order valence-corrected chi connectivity index (χ3v) is 2.55. The molecule has 0 N–H and O–H groups in total. The van der Waals surface area contributed by atoms with Crippen LogP contribution in [0, 0.1) is 20.2 Å². The summed E-state index contributed by atoms with van der Waals surface area (Å²) in [5.74, 6) is -1.72. The molecule has 0 fully saturated rings. The highest BCUT2D eigenvalue weighted by atomic mass is 17.0. The molecule has 10 heteroatoms. The molecule has 1 aromatic rings. The van der Waals surface area contributed by atoms with Crippen LogP contribution in [0.15, 0.2) is 29.8 Å². The van der Waals surface area contributed by atoms with Crippen LogP contribution in [0.3, 0.4) is 0 Å². The number of nitro benzene ring substituents is 1. The van der Waals surface area contributed by atoms with Crippen molar-refractivity contribution >= 4 is 23.5 Å². The van der Waals surface area contributed by atoms with Gasteiger partial charge in [0.2, 0.25) is 0 Å². The van der Waals surface area contributed by atoms with Crippen LogP contribution in [-0.2, 0) is 19.2 Å². The average molecular weight is 324 g/mol. The molecule has 0 aliphatic heterocycles. The number of hydrogen-bond donors (Lipinski definition) is 0. The minimum Gasteiger partial charge on any atom is -0.460 e. The lowest BCUT2D eigenvalue weighted by atomic mass is 10.1. The number of hydrogen-bond acceptors (Lipinski definition) is 8. The Balaban J connectivity index is 2.94. The number of Topliss-reactive ketones (excluding diaryl/α,β-unsaturated/α-hetero) is 1. The van der Waals surface area contributed by atoms with Crippen molar-refractivity contribution in [3.05, 3.63) is 55.6 Å². The summed E-state index contributed by atoms with van der Waals surface area (Å²) >= 11 is 0. The quantitative estimate of drug-likeness (QED) is 0.133. The summed E-state index contributed by atoms with van der Waals surface area (Å²) in [5, 5.41) is 19.8. The first-order chi connectivity index (χ1) is 10.8. The summed E-state index contributed by atoms with van der Waals surface area (Å²) in [6.45, 7) is 0.159. The van der Waals surface area contributed by atoms with Crippen molar-refractivity contribution < 1.29 is 29.2 Å². The Labute approximate surface area is 129 Å². The van der Waals surface area contributed by atoms with E-state index in [-0.39, 0.29) is 11.3 Å². The van der Waals surface area contributed by atoms with Crippen molar-refractivity contribution in [2.45, 2.75) is 6.92 Å². The van der Waals surface area contributed by atoms with E-state index in [9.17, 15) is 29.8 Å². The van der Waals surface area contributed by atoms with Crippen LogP contribution in [0.5, 0.6) is 0 Å². The van der Waals surface area contributed by atoms with E-state index in [2.05, 4.69) is 9.57 Å². The van der Waals surface area contributed by atoms with Crippen LogP contribution in [0.2, 0.25) is 0 Å². The number of rotatable bonds is 8. The fourth-order valence-electron chi connectivity index (χ4n) is 1.56. The molecule has 122 valence electrons. The number of esters is 1. The molecule has 0 unspecified atom stereocenters. The number of carbonyl (C=O) groups is 2. The van der Waals surface area contributed by atoms with Gasteiger partial charge in [0.25, 0.3) is 10.8 Å². The zero-order chi connectivity index (χ0) is 17.4. The summed E-state index contributed by atoms with van der Waals surface area (Å²) in [7, 11) is 0. The zero-order valence-electron chi connectivity index (χ0n) is 12.0. The molecule has 0 amide bonds. The Hall–Kier alpha value is -3.30. The SMILES string of the molecule is CC(=O)/C(=C\c1ccccc1[N+](=O)[O-])C(=O)OCCO[N+](=O)[O-]. The van der Waals surface area contributed by atoms with E-state index < -0.39 is 40.5 Å². The lowest BCUT2D eigenvalue weighted by molar-refractivity contribution is -0.757. The molecule has 23 heavy (non-hydrogen) atoms. The monoisotopic (exact) mass is 324 g/mol. The first-order valence-electron chi connectivity index (χ1n) is 6.23. The molecule has 1 rings (SSSR count). The van der Waals surface area contributed by atoms with Gasteiger partial charge in [-0.1, -0.05) is 12.1 Å². The number of carbonyl (C=O) groups excluding carboxylic acids is 2. The normalized spacial score (nSPS) is 10.7. The van der Waals surface area contributed by atoms with Crippen LogP contribution in [-0.4, -0.2) is 35.0 Å². The standard InChI is InChI=1S/C13H12N2O8/c1-9(16)11(13(17)22-6-7-23-15(20)21)8-10-4-2-3-5-12(10)14(18)19/h2-5,8H,6-7H2,1H3/b11-8+. The Morgan fingerprint density at radius 2 is 1.83 bits per heavy atom. The van der Waals surface area contributed by atoms with Gasteiger partial charge >= 0.3 is 5.97 Å². The van der Waals surface area contributed by atoms with Crippen LogP contribution < -0.4 is 0 Å². The van der Waals surface area contributed by atoms with Gasteiger partial charge in [-0.25, -0.2) is 4.79 Å². The lowest BCUT2D eigenvalue weighted by Crippen LogP contribution is -2.17. The summed E-state index contributed by atoms with van der Waals surface area (Å²) in [6.07, 6.45) is 1.04. The van der Waals surface area contributed by atoms with Gasteiger partial charge in [-0.2, -0.15) is 0 Å². The molecule has 0 aliphatic carbocycles. The summed E-state index contributed by atoms with van der Waals surface area (Å²) in [6, 6.07) is 5.53. The van der Waals surface area contributed by atoms with Gasteiger partial charge in [-0.05, 0) is 19.1 Å². The maximum absolute atomic E-state index is 11.8. The second-order valence-corrected chi connectivity index (χ2v) is 4.12. The zero-order valence-corrected chi connectivity index (χ0v) is 12.0. The van der Waals surface area contributed by atoms with E-state index in [1.54, 1.807) is 0 Å². The fraction of sp³-hybridized carbons (Fsp3) is 0.231. The molecule has 0 aliphatic rings. The van der Waals surface area contributed by atoms with E-state index in [4.69, 9.17) is 0 Å². The maximum atomic E-state index is 11.8. The minimum absolute atomic E-state index is 0.0567. The van der Waals surface area contributed by atoms with Crippen LogP contribution in [0.1, 0.15) is 12.5 Å². The molecule has 1 aromatic carbocycles. The van der Waals surface area contributed by atoms with E-state index in [0.717, 1.165) is 13.0 Å². The summed E-state index contributed by atoms with van der Waals surface area (Å²) < 4.78 is 4.66. The van der Waals surface area contributed by atoms with E-state index >= 15 is 0 Å². The molecule has 0 heterocycles. The second kappa shape index (κ2) is 8.22. The largest absolute Gasteiger partial charge is 0.460 e. The second-order valence-electron chi connectivity index (χ2n) is 4.12. The molecule has 0 bridgehead atoms. The highest BCUT2D eigenvalue weighted by molar-refractivity contribution is 6.20. The first-order valence-corrected chi connectivity index (χ1v) is 6.23. The molecule has 10 nitrogen and oxygen atoms in total. The highest BCUT2D eigenvalue weighted by Gasteiger charge is 2.19. The van der Waals surface area contributed by atoms with Crippen molar-refractivity contribution in [1.29, 1.82) is 0 Å². The van der Waals surface area contributed by atoms with Gasteiger partial charge in [0.1, 0.15) is 18.8 Å². The van der Waals surface area contributed by atoms with E-state index in [1.165, 1.54) is 24.3 Å². The van der Waals surface area contributed by atoms with Gasteiger partial charge in [-0.15, -0.1) is 10.1 Å².